The Bertz CT molecular complexity index is 850. The van der Waals surface area contributed by atoms with Gasteiger partial charge in [-0.25, -0.2) is 4.98 Å². The number of aromatic nitrogens is 1. The van der Waals surface area contributed by atoms with Crippen LogP contribution >= 0.6 is 34.7 Å². The molecular formula is C18H15ClN2OS2. The Morgan fingerprint density at radius 3 is 2.88 bits per heavy atom. The number of hydrogen-bond donors (Lipinski definition) is 1. The molecule has 0 saturated heterocycles. The molecule has 0 aliphatic rings. The molecule has 1 aromatic heterocycles. The van der Waals surface area contributed by atoms with Crippen LogP contribution in [-0.4, -0.2) is 10.9 Å². The molecule has 1 N–H and O–H groups in total. The van der Waals surface area contributed by atoms with Crippen LogP contribution in [0, 0.1) is 6.92 Å². The van der Waals surface area contributed by atoms with Crippen LogP contribution in [0.3, 0.4) is 0 Å². The molecule has 3 rings (SSSR count). The first-order chi connectivity index (χ1) is 11.6. The third-order valence-electron chi connectivity index (χ3n) is 3.36. The monoisotopic (exact) mass is 374 g/mol. The highest BCUT2D eigenvalue weighted by atomic mass is 35.5. The van der Waals surface area contributed by atoms with Gasteiger partial charge in [0.25, 0.3) is 5.91 Å². The van der Waals surface area contributed by atoms with Gasteiger partial charge in [-0.1, -0.05) is 29.8 Å². The zero-order valence-electron chi connectivity index (χ0n) is 13.0. The van der Waals surface area contributed by atoms with Crippen LogP contribution in [-0.2, 0) is 5.75 Å². The van der Waals surface area contributed by atoms with E-state index in [0.29, 0.717) is 16.3 Å². The fourth-order valence-corrected chi connectivity index (χ4v) is 4.05. The third-order valence-corrected chi connectivity index (χ3v) is 5.42. The zero-order chi connectivity index (χ0) is 16.9. The highest BCUT2D eigenvalue weighted by Crippen LogP contribution is 2.28. The van der Waals surface area contributed by atoms with Crippen LogP contribution in [0.15, 0.2) is 58.3 Å². The highest BCUT2D eigenvalue weighted by molar-refractivity contribution is 7.98. The number of thiazole rings is 1. The minimum atomic E-state index is -0.165. The Balaban J connectivity index is 1.77. The maximum absolute atomic E-state index is 12.6. The van der Waals surface area contributed by atoms with E-state index in [9.17, 15) is 4.79 Å². The number of carbonyl (C=O) groups excluding carboxylic acids is 1. The fraction of sp³-hybridized carbons (Fsp3) is 0.111. The Hall–Kier alpha value is -1.82. The summed E-state index contributed by atoms with van der Waals surface area (Å²) in [5, 5.41) is 5.44. The molecule has 122 valence electrons. The van der Waals surface area contributed by atoms with Gasteiger partial charge in [-0.05, 0) is 36.8 Å². The van der Waals surface area contributed by atoms with Crippen molar-refractivity contribution in [2.45, 2.75) is 17.6 Å². The van der Waals surface area contributed by atoms with Gasteiger partial charge in [0.2, 0.25) is 0 Å². The number of anilines is 1. The zero-order valence-corrected chi connectivity index (χ0v) is 15.3. The van der Waals surface area contributed by atoms with Crippen LogP contribution in [0.2, 0.25) is 5.02 Å². The number of rotatable bonds is 5. The number of thioether (sulfide) groups is 1. The van der Waals surface area contributed by atoms with Gasteiger partial charge < -0.3 is 5.32 Å². The molecule has 0 radical (unpaired) electrons. The maximum atomic E-state index is 12.6. The Labute approximate surface area is 154 Å². The molecule has 0 aliphatic carbocycles. The van der Waals surface area contributed by atoms with Crippen LogP contribution in [0.1, 0.15) is 21.6 Å². The van der Waals surface area contributed by atoms with E-state index >= 15 is 0 Å². The van der Waals surface area contributed by atoms with Crippen molar-refractivity contribution in [3.63, 3.8) is 0 Å². The molecule has 3 aromatic rings. The van der Waals surface area contributed by atoms with Crippen molar-refractivity contribution in [3.8, 4) is 0 Å². The van der Waals surface area contributed by atoms with Gasteiger partial charge in [0.15, 0.2) is 0 Å². The van der Waals surface area contributed by atoms with Gasteiger partial charge in [-0.2, -0.15) is 0 Å². The predicted molar refractivity (Wildman–Crippen MR) is 102 cm³/mol. The minimum absolute atomic E-state index is 0.165. The van der Waals surface area contributed by atoms with E-state index in [1.807, 2.05) is 60.3 Å². The Morgan fingerprint density at radius 1 is 1.29 bits per heavy atom. The van der Waals surface area contributed by atoms with Crippen molar-refractivity contribution in [3.05, 3.63) is 75.2 Å². The van der Waals surface area contributed by atoms with E-state index in [-0.39, 0.29) is 5.91 Å². The van der Waals surface area contributed by atoms with Gasteiger partial charge in [-0.3, -0.25) is 4.79 Å². The van der Waals surface area contributed by atoms with Gasteiger partial charge in [0, 0.05) is 16.0 Å². The van der Waals surface area contributed by atoms with E-state index in [1.54, 1.807) is 23.1 Å². The summed E-state index contributed by atoms with van der Waals surface area (Å²) < 4.78 is 0. The molecule has 1 heterocycles. The topological polar surface area (TPSA) is 42.0 Å². The second kappa shape index (κ2) is 7.83. The third kappa shape index (κ3) is 4.17. The summed E-state index contributed by atoms with van der Waals surface area (Å²) in [4.78, 5) is 17.8. The van der Waals surface area contributed by atoms with Crippen molar-refractivity contribution < 1.29 is 4.79 Å². The predicted octanol–water partition coefficient (Wildman–Crippen LogP) is 5.65. The summed E-state index contributed by atoms with van der Waals surface area (Å²) in [7, 11) is 0. The van der Waals surface area contributed by atoms with E-state index < -0.39 is 0 Å². The lowest BCUT2D eigenvalue weighted by atomic mass is 10.2. The lowest BCUT2D eigenvalue weighted by molar-refractivity contribution is 0.102. The summed E-state index contributed by atoms with van der Waals surface area (Å²) in [6.07, 6.45) is 0. The van der Waals surface area contributed by atoms with Crippen molar-refractivity contribution in [1.82, 2.24) is 4.98 Å². The standard InChI is InChI=1S/C18H15ClN2OS2/c1-12-6-7-16(15(19)8-12)21-18(22)14-4-2-3-5-17(14)24-10-13-9-23-11-20-13/h2-9,11H,10H2,1H3,(H,21,22). The molecule has 0 unspecified atom stereocenters. The van der Waals surface area contributed by atoms with E-state index in [1.165, 1.54) is 0 Å². The summed E-state index contributed by atoms with van der Waals surface area (Å²) in [6, 6.07) is 13.1. The molecule has 0 bridgehead atoms. The number of hydrogen-bond acceptors (Lipinski definition) is 4. The largest absolute Gasteiger partial charge is 0.321 e. The molecule has 2 aromatic carbocycles. The van der Waals surface area contributed by atoms with Gasteiger partial charge in [0.1, 0.15) is 0 Å². The molecule has 0 saturated carbocycles. The normalized spacial score (nSPS) is 10.6. The number of nitrogens with zero attached hydrogens (tertiary/aromatic N) is 1. The first-order valence-electron chi connectivity index (χ1n) is 7.30. The second-order valence-electron chi connectivity index (χ2n) is 5.20. The first-order valence-corrected chi connectivity index (χ1v) is 9.60. The van der Waals surface area contributed by atoms with E-state index in [4.69, 9.17) is 11.6 Å². The van der Waals surface area contributed by atoms with Crippen LogP contribution in [0.25, 0.3) is 0 Å². The molecule has 3 nitrogen and oxygen atoms in total. The fourth-order valence-electron chi connectivity index (χ4n) is 2.15. The quantitative estimate of drug-likeness (QED) is 0.587. The van der Waals surface area contributed by atoms with Gasteiger partial charge in [-0.15, -0.1) is 23.1 Å². The molecule has 6 heteroatoms. The van der Waals surface area contributed by atoms with Crippen molar-refractivity contribution in [1.29, 1.82) is 0 Å². The van der Waals surface area contributed by atoms with E-state index in [2.05, 4.69) is 10.3 Å². The Kier molecular flexibility index (Phi) is 5.56. The number of carbonyl (C=O) groups is 1. The van der Waals surface area contributed by atoms with Crippen LogP contribution in [0.4, 0.5) is 5.69 Å². The molecule has 0 atom stereocenters. The Morgan fingerprint density at radius 2 is 2.12 bits per heavy atom. The SMILES string of the molecule is Cc1ccc(NC(=O)c2ccccc2SCc2cscn2)c(Cl)c1. The molecule has 0 aliphatic heterocycles. The summed E-state index contributed by atoms with van der Waals surface area (Å²) in [5.41, 5.74) is 5.13. The lowest BCUT2D eigenvalue weighted by Crippen LogP contribution is -2.13. The molecular weight excluding hydrogens is 360 g/mol. The van der Waals surface area contributed by atoms with Crippen LogP contribution in [0.5, 0.6) is 0 Å². The van der Waals surface area contributed by atoms with Gasteiger partial charge >= 0.3 is 0 Å². The number of benzene rings is 2. The molecule has 0 spiro atoms. The van der Waals surface area contributed by atoms with Crippen LogP contribution < -0.4 is 5.32 Å². The summed E-state index contributed by atoms with van der Waals surface area (Å²) in [5.74, 6) is 0.571. The van der Waals surface area contributed by atoms with Crippen molar-refractivity contribution >= 4 is 46.3 Å². The lowest BCUT2D eigenvalue weighted by Gasteiger charge is -2.11. The average molecular weight is 375 g/mol. The van der Waals surface area contributed by atoms with E-state index in [0.717, 1.165) is 21.9 Å². The number of halogens is 1. The second-order valence-corrected chi connectivity index (χ2v) is 7.35. The maximum Gasteiger partial charge on any atom is 0.256 e. The smallest absolute Gasteiger partial charge is 0.256 e. The average Bonchev–Trinajstić information content (AvgIpc) is 3.09. The summed E-state index contributed by atoms with van der Waals surface area (Å²) >= 11 is 9.37. The first kappa shape index (κ1) is 17.0. The number of aryl methyl sites for hydroxylation is 1. The molecule has 24 heavy (non-hydrogen) atoms. The number of nitrogens with one attached hydrogen (secondary N) is 1. The van der Waals surface area contributed by atoms with Crippen molar-refractivity contribution in [2.24, 2.45) is 0 Å². The highest BCUT2D eigenvalue weighted by Gasteiger charge is 2.13. The number of amides is 1. The minimum Gasteiger partial charge on any atom is -0.321 e. The molecule has 1 amide bonds. The van der Waals surface area contributed by atoms with Gasteiger partial charge in [0.05, 0.1) is 27.5 Å². The van der Waals surface area contributed by atoms with Crippen molar-refractivity contribution in [2.75, 3.05) is 5.32 Å². The molecule has 0 fully saturated rings. The summed E-state index contributed by atoms with van der Waals surface area (Å²) in [6.45, 7) is 1.96.